The summed E-state index contributed by atoms with van der Waals surface area (Å²) >= 11 is 0. The van der Waals surface area contributed by atoms with E-state index in [1.807, 2.05) is 18.2 Å². The molecule has 0 aromatic heterocycles. The Hall–Kier alpha value is -1.89. The second kappa shape index (κ2) is 6.04. The number of nitrogen functional groups attached to an aromatic ring is 1. The Labute approximate surface area is 118 Å². The zero-order valence-corrected chi connectivity index (χ0v) is 11.6. The van der Waals surface area contributed by atoms with Crippen molar-refractivity contribution in [2.24, 2.45) is 0 Å². The second-order valence-corrected chi connectivity index (χ2v) is 6.00. The third kappa shape index (κ3) is 3.16. The Balaban J connectivity index is 2.29. The lowest BCUT2D eigenvalue weighted by molar-refractivity contribution is 0.301. The fourth-order valence-electron chi connectivity index (χ4n) is 1.84. The average molecular weight is 292 g/mol. The Morgan fingerprint density at radius 2 is 1.70 bits per heavy atom. The second-order valence-electron chi connectivity index (χ2n) is 4.23. The maximum atomic E-state index is 11.9. The van der Waals surface area contributed by atoms with Crippen molar-refractivity contribution < 1.29 is 13.5 Å². The van der Waals surface area contributed by atoms with Gasteiger partial charge in [0.1, 0.15) is 0 Å². The van der Waals surface area contributed by atoms with Gasteiger partial charge in [-0.3, -0.25) is 0 Å². The fraction of sp³-hybridized carbons (Fsp3) is 0.143. The van der Waals surface area contributed by atoms with E-state index < -0.39 is 10.0 Å². The Kier molecular flexibility index (Phi) is 4.39. The molecule has 6 heteroatoms. The van der Waals surface area contributed by atoms with E-state index in [4.69, 9.17) is 10.8 Å². The predicted octanol–water partition coefficient (Wildman–Crippen LogP) is 1.21. The van der Waals surface area contributed by atoms with Crippen molar-refractivity contribution in [1.29, 1.82) is 0 Å². The third-order valence-corrected chi connectivity index (χ3v) is 4.32. The fourth-order valence-corrected chi connectivity index (χ4v) is 2.86. The van der Waals surface area contributed by atoms with Crippen LogP contribution in [-0.2, 0) is 10.0 Å². The first kappa shape index (κ1) is 14.5. The lowest BCUT2D eigenvalue weighted by atomic mass is 10.0. The molecule has 0 aliphatic heterocycles. The number of hydrogen-bond donors (Lipinski definition) is 3. The topological polar surface area (TPSA) is 92.4 Å². The SMILES string of the molecule is Nc1ccccc1-c1ccc(S(=O)(=O)NCCO)cc1. The smallest absolute Gasteiger partial charge is 0.240 e. The molecule has 2 aromatic carbocycles. The van der Waals surface area contributed by atoms with Crippen LogP contribution >= 0.6 is 0 Å². The van der Waals surface area contributed by atoms with E-state index in [1.165, 1.54) is 12.1 Å². The van der Waals surface area contributed by atoms with Crippen LogP contribution in [0.25, 0.3) is 11.1 Å². The van der Waals surface area contributed by atoms with Gasteiger partial charge in [-0.25, -0.2) is 13.1 Å². The zero-order valence-electron chi connectivity index (χ0n) is 10.8. The monoisotopic (exact) mass is 292 g/mol. The number of hydrogen-bond acceptors (Lipinski definition) is 4. The summed E-state index contributed by atoms with van der Waals surface area (Å²) in [6.07, 6.45) is 0. The van der Waals surface area contributed by atoms with Crippen molar-refractivity contribution in [3.8, 4) is 11.1 Å². The number of sulfonamides is 1. The molecule has 0 saturated heterocycles. The summed E-state index contributed by atoms with van der Waals surface area (Å²) in [5, 5.41) is 8.66. The van der Waals surface area contributed by atoms with E-state index in [-0.39, 0.29) is 18.0 Å². The quantitative estimate of drug-likeness (QED) is 0.722. The molecule has 0 amide bonds. The molecule has 5 nitrogen and oxygen atoms in total. The van der Waals surface area contributed by atoms with Gasteiger partial charge in [0.05, 0.1) is 11.5 Å². The van der Waals surface area contributed by atoms with Crippen LogP contribution in [0, 0.1) is 0 Å². The zero-order chi connectivity index (χ0) is 14.6. The molecule has 0 radical (unpaired) electrons. The molecule has 0 saturated carbocycles. The Bertz CT molecular complexity index is 682. The van der Waals surface area contributed by atoms with Gasteiger partial charge in [-0.1, -0.05) is 30.3 Å². The summed E-state index contributed by atoms with van der Waals surface area (Å²) in [4.78, 5) is 0.157. The third-order valence-electron chi connectivity index (χ3n) is 2.84. The summed E-state index contributed by atoms with van der Waals surface area (Å²) in [6, 6.07) is 13.8. The summed E-state index contributed by atoms with van der Waals surface area (Å²) in [5.74, 6) is 0. The van der Waals surface area contributed by atoms with Gasteiger partial charge in [0, 0.05) is 17.8 Å². The highest BCUT2D eigenvalue weighted by molar-refractivity contribution is 7.89. The number of rotatable bonds is 5. The first-order valence-corrected chi connectivity index (χ1v) is 7.58. The molecule has 0 bridgehead atoms. The van der Waals surface area contributed by atoms with Crippen LogP contribution in [0.5, 0.6) is 0 Å². The number of anilines is 1. The maximum Gasteiger partial charge on any atom is 0.240 e. The molecule has 2 aromatic rings. The minimum atomic E-state index is -3.57. The van der Waals surface area contributed by atoms with Gasteiger partial charge in [0.15, 0.2) is 0 Å². The maximum absolute atomic E-state index is 11.9. The number of para-hydroxylation sites is 1. The van der Waals surface area contributed by atoms with Crippen LogP contribution in [0.3, 0.4) is 0 Å². The molecule has 0 aliphatic rings. The molecule has 2 rings (SSSR count). The number of nitrogens with two attached hydrogens (primary N) is 1. The lowest BCUT2D eigenvalue weighted by Gasteiger charge is -2.08. The van der Waals surface area contributed by atoms with E-state index in [0.717, 1.165) is 11.1 Å². The number of aliphatic hydroxyl groups is 1. The van der Waals surface area contributed by atoms with Gasteiger partial charge in [-0.05, 0) is 23.8 Å². The van der Waals surface area contributed by atoms with Crippen LogP contribution < -0.4 is 10.5 Å². The molecule has 4 N–H and O–H groups in total. The highest BCUT2D eigenvalue weighted by Crippen LogP contribution is 2.26. The molecule has 0 aliphatic carbocycles. The molecule has 106 valence electrons. The number of benzene rings is 2. The van der Waals surface area contributed by atoms with Crippen LogP contribution in [0.1, 0.15) is 0 Å². The van der Waals surface area contributed by atoms with Crippen molar-refractivity contribution in [1.82, 2.24) is 4.72 Å². The largest absolute Gasteiger partial charge is 0.398 e. The Morgan fingerprint density at radius 3 is 2.30 bits per heavy atom. The van der Waals surface area contributed by atoms with Gasteiger partial charge in [-0.15, -0.1) is 0 Å². The Morgan fingerprint density at radius 1 is 1.05 bits per heavy atom. The van der Waals surface area contributed by atoms with Crippen molar-refractivity contribution >= 4 is 15.7 Å². The van der Waals surface area contributed by atoms with E-state index >= 15 is 0 Å². The standard InChI is InChI=1S/C14H16N2O3S/c15-14-4-2-1-3-13(14)11-5-7-12(8-6-11)20(18,19)16-9-10-17/h1-8,16-17H,9-10,15H2. The van der Waals surface area contributed by atoms with Crippen LogP contribution in [0.2, 0.25) is 0 Å². The van der Waals surface area contributed by atoms with E-state index in [0.29, 0.717) is 5.69 Å². The van der Waals surface area contributed by atoms with Crippen molar-refractivity contribution in [2.75, 3.05) is 18.9 Å². The van der Waals surface area contributed by atoms with E-state index in [2.05, 4.69) is 4.72 Å². The van der Waals surface area contributed by atoms with Gasteiger partial charge in [0.25, 0.3) is 0 Å². The summed E-state index contributed by atoms with van der Waals surface area (Å²) in [7, 11) is -3.57. The molecular formula is C14H16N2O3S. The van der Waals surface area contributed by atoms with Gasteiger partial charge in [0.2, 0.25) is 10.0 Å². The van der Waals surface area contributed by atoms with Crippen LogP contribution in [0.4, 0.5) is 5.69 Å². The highest BCUT2D eigenvalue weighted by atomic mass is 32.2. The lowest BCUT2D eigenvalue weighted by Crippen LogP contribution is -2.26. The first-order chi connectivity index (χ1) is 9.54. The molecular weight excluding hydrogens is 276 g/mol. The average Bonchev–Trinajstić information content (AvgIpc) is 2.46. The molecule has 0 heterocycles. The number of aliphatic hydroxyl groups excluding tert-OH is 1. The van der Waals surface area contributed by atoms with Crippen LogP contribution in [-0.4, -0.2) is 26.7 Å². The summed E-state index contributed by atoms with van der Waals surface area (Å²) < 4.78 is 26.0. The molecule has 0 spiro atoms. The molecule has 0 unspecified atom stereocenters. The van der Waals surface area contributed by atoms with Crippen molar-refractivity contribution in [3.63, 3.8) is 0 Å². The first-order valence-electron chi connectivity index (χ1n) is 6.10. The predicted molar refractivity (Wildman–Crippen MR) is 78.6 cm³/mol. The molecule has 0 fully saturated rings. The minimum Gasteiger partial charge on any atom is -0.398 e. The van der Waals surface area contributed by atoms with Gasteiger partial charge < -0.3 is 10.8 Å². The summed E-state index contributed by atoms with van der Waals surface area (Å²) in [5.41, 5.74) is 8.24. The van der Waals surface area contributed by atoms with Gasteiger partial charge >= 0.3 is 0 Å². The highest BCUT2D eigenvalue weighted by Gasteiger charge is 2.13. The van der Waals surface area contributed by atoms with Crippen molar-refractivity contribution in [2.45, 2.75) is 4.90 Å². The van der Waals surface area contributed by atoms with Crippen molar-refractivity contribution in [3.05, 3.63) is 48.5 Å². The molecule has 20 heavy (non-hydrogen) atoms. The number of nitrogens with one attached hydrogen (secondary N) is 1. The van der Waals surface area contributed by atoms with Crippen LogP contribution in [0.15, 0.2) is 53.4 Å². The summed E-state index contributed by atoms with van der Waals surface area (Å²) in [6.45, 7) is -0.242. The van der Waals surface area contributed by atoms with E-state index in [1.54, 1.807) is 18.2 Å². The van der Waals surface area contributed by atoms with E-state index in [9.17, 15) is 8.42 Å². The normalized spacial score (nSPS) is 11.4. The molecule has 0 atom stereocenters. The van der Waals surface area contributed by atoms with Gasteiger partial charge in [-0.2, -0.15) is 0 Å². The minimum absolute atomic E-state index is 0.00425.